The zero-order chi connectivity index (χ0) is 30.7. The van der Waals surface area contributed by atoms with Crippen LogP contribution < -0.4 is 20.7 Å². The summed E-state index contributed by atoms with van der Waals surface area (Å²) in [5, 5.41) is 6.05. The van der Waals surface area contributed by atoms with Crippen molar-refractivity contribution in [3.05, 3.63) is 48.8 Å². The first kappa shape index (κ1) is 30.7. The summed E-state index contributed by atoms with van der Waals surface area (Å²) in [5.74, 6) is -0.265. The summed E-state index contributed by atoms with van der Waals surface area (Å²) >= 11 is 0. The van der Waals surface area contributed by atoms with Gasteiger partial charge in [-0.3, -0.25) is 14.1 Å². The van der Waals surface area contributed by atoms with Crippen LogP contribution in [0.5, 0.6) is 5.75 Å². The lowest BCUT2D eigenvalue weighted by Crippen LogP contribution is -2.39. The molecule has 2 aromatic heterocycles. The molecular formula is C29H38N7O6P. The molecule has 43 heavy (non-hydrogen) atoms. The van der Waals surface area contributed by atoms with Gasteiger partial charge in [-0.1, -0.05) is 44.2 Å². The smallest absolute Gasteiger partial charge is 0.453 e. The summed E-state index contributed by atoms with van der Waals surface area (Å²) in [4.78, 5) is 38.3. The standard InChI is InChI=1S/C29H38N7O6P/c1-17(2)25(37)19(4)41-28(38)18(3)35-43(39,42-23-8-6-5-7-9-23)40-15-20-10-13-22(14-20)36-16-31-24-26(32-21-11-12-21)33-29(30)34-27(24)36/h5-10,13,16-22H,11-12,14-15H2,1-4H3,(H,35,39)(H3,30,32,33,34)/t18-,19-,20?,22?,43-/m0/s1. The maximum Gasteiger partial charge on any atom is 0.459 e. The predicted molar refractivity (Wildman–Crippen MR) is 161 cm³/mol. The van der Waals surface area contributed by atoms with E-state index in [1.165, 1.54) is 13.8 Å². The Morgan fingerprint density at radius 2 is 1.86 bits per heavy atom. The van der Waals surface area contributed by atoms with Crippen molar-refractivity contribution in [1.82, 2.24) is 24.6 Å². The number of Topliss-reactive ketones (excluding diaryl/α,β-unsaturated/α-hetero) is 1. The molecule has 230 valence electrons. The number of nitrogen functional groups attached to an aromatic ring is 1. The zero-order valence-electron chi connectivity index (χ0n) is 24.7. The molecule has 4 N–H and O–H groups in total. The molecule has 0 saturated heterocycles. The number of esters is 1. The number of hydrogen-bond donors (Lipinski definition) is 3. The molecule has 14 heteroatoms. The molecule has 0 radical (unpaired) electrons. The molecule has 2 aliphatic carbocycles. The number of benzene rings is 1. The van der Waals surface area contributed by atoms with Crippen LogP contribution in [0.1, 0.15) is 53.0 Å². The largest absolute Gasteiger partial charge is 0.459 e. The molecule has 0 spiro atoms. The Hall–Kier alpha value is -3.80. The van der Waals surface area contributed by atoms with E-state index in [-0.39, 0.29) is 36.2 Å². The van der Waals surface area contributed by atoms with Gasteiger partial charge in [-0.2, -0.15) is 15.1 Å². The average molecular weight is 612 g/mol. The van der Waals surface area contributed by atoms with E-state index in [4.69, 9.17) is 19.5 Å². The van der Waals surface area contributed by atoms with Crippen molar-refractivity contribution in [1.29, 1.82) is 0 Å². The lowest BCUT2D eigenvalue weighted by Gasteiger charge is -2.25. The number of carbonyl (C=O) groups excluding carboxylic acids is 2. The molecule has 0 amide bonds. The number of nitrogens with one attached hydrogen (secondary N) is 2. The Morgan fingerprint density at radius 3 is 2.56 bits per heavy atom. The fraction of sp³-hybridized carbons (Fsp3) is 0.483. The van der Waals surface area contributed by atoms with Gasteiger partial charge < -0.3 is 24.9 Å². The van der Waals surface area contributed by atoms with Crippen molar-refractivity contribution >= 4 is 42.4 Å². The number of ketones is 1. The van der Waals surface area contributed by atoms with E-state index in [9.17, 15) is 14.2 Å². The van der Waals surface area contributed by atoms with E-state index in [0.717, 1.165) is 12.8 Å². The van der Waals surface area contributed by atoms with Crippen molar-refractivity contribution < 1.29 is 27.9 Å². The van der Waals surface area contributed by atoms with Gasteiger partial charge in [0.2, 0.25) is 5.95 Å². The lowest BCUT2D eigenvalue weighted by atomic mass is 10.1. The number of hydrogen-bond acceptors (Lipinski definition) is 11. The number of nitrogens with two attached hydrogens (primary N) is 1. The Labute approximate surface area is 250 Å². The number of carbonyl (C=O) groups is 2. The van der Waals surface area contributed by atoms with Crippen LogP contribution in [-0.4, -0.2) is 56.1 Å². The molecule has 0 aliphatic heterocycles. The Bertz CT molecular complexity index is 1540. The number of ether oxygens (including phenoxy) is 1. The van der Waals surface area contributed by atoms with Gasteiger partial charge in [0.15, 0.2) is 28.9 Å². The number of para-hydroxylation sites is 1. The third-order valence-electron chi connectivity index (χ3n) is 7.26. The second-order valence-corrected chi connectivity index (χ2v) is 13.0. The molecule has 1 saturated carbocycles. The van der Waals surface area contributed by atoms with E-state index in [2.05, 4.69) is 25.4 Å². The van der Waals surface area contributed by atoms with E-state index in [1.807, 2.05) is 16.7 Å². The first-order valence-corrected chi connectivity index (χ1v) is 16.0. The highest BCUT2D eigenvalue weighted by Gasteiger charge is 2.35. The van der Waals surface area contributed by atoms with E-state index < -0.39 is 25.9 Å². The predicted octanol–water partition coefficient (Wildman–Crippen LogP) is 4.44. The minimum atomic E-state index is -4.06. The number of rotatable bonds is 14. The fourth-order valence-corrected chi connectivity index (χ4v) is 6.32. The van der Waals surface area contributed by atoms with Crippen molar-refractivity contribution in [3.8, 4) is 5.75 Å². The molecule has 13 nitrogen and oxygen atoms in total. The summed E-state index contributed by atoms with van der Waals surface area (Å²) in [7, 11) is -4.06. The molecule has 2 unspecified atom stereocenters. The lowest BCUT2D eigenvalue weighted by molar-refractivity contribution is -0.156. The van der Waals surface area contributed by atoms with E-state index in [1.54, 1.807) is 50.5 Å². The number of fused-ring (bicyclic) bond motifs is 1. The molecule has 2 aliphatic rings. The van der Waals surface area contributed by atoms with Gasteiger partial charge in [0.1, 0.15) is 11.8 Å². The first-order chi connectivity index (χ1) is 20.5. The SMILES string of the molecule is CC(C)C(=O)[C@H](C)OC(=O)[C@H](C)N[P@](=O)(OCC1C=CC(n2cnc3c(NC4CC4)nc(N)nc32)C1)Oc1ccccc1. The number of nitrogens with zero attached hydrogens (tertiary/aromatic N) is 4. The number of aromatic nitrogens is 4. The summed E-state index contributed by atoms with van der Waals surface area (Å²) in [6.45, 7) is 6.50. The van der Waals surface area contributed by atoms with Gasteiger partial charge in [-0.05, 0) is 45.2 Å². The van der Waals surface area contributed by atoms with Crippen molar-refractivity contribution in [2.24, 2.45) is 11.8 Å². The van der Waals surface area contributed by atoms with Crippen LogP contribution in [0.2, 0.25) is 0 Å². The summed E-state index contributed by atoms with van der Waals surface area (Å²) in [5.41, 5.74) is 7.29. The van der Waals surface area contributed by atoms with Crippen LogP contribution >= 0.6 is 7.75 Å². The Morgan fingerprint density at radius 1 is 1.12 bits per heavy atom. The molecule has 1 fully saturated rings. The summed E-state index contributed by atoms with van der Waals surface area (Å²) in [6.07, 6.45) is 7.58. The third kappa shape index (κ3) is 7.59. The van der Waals surface area contributed by atoms with Crippen LogP contribution in [0, 0.1) is 11.8 Å². The average Bonchev–Trinajstić information content (AvgIpc) is 3.48. The van der Waals surface area contributed by atoms with Crippen LogP contribution in [0.25, 0.3) is 11.2 Å². The van der Waals surface area contributed by atoms with E-state index in [0.29, 0.717) is 35.2 Å². The molecular weight excluding hydrogens is 573 g/mol. The topological polar surface area (TPSA) is 173 Å². The van der Waals surface area contributed by atoms with Crippen molar-refractivity contribution in [3.63, 3.8) is 0 Å². The second kappa shape index (κ2) is 12.8. The van der Waals surface area contributed by atoms with Crippen LogP contribution in [-0.2, 0) is 23.4 Å². The highest BCUT2D eigenvalue weighted by atomic mass is 31.2. The van der Waals surface area contributed by atoms with Crippen LogP contribution in [0.4, 0.5) is 11.8 Å². The molecule has 5 atom stereocenters. The Balaban J connectivity index is 1.25. The third-order valence-corrected chi connectivity index (χ3v) is 8.90. The van der Waals surface area contributed by atoms with Gasteiger partial charge in [0, 0.05) is 17.9 Å². The second-order valence-electron chi connectivity index (χ2n) is 11.3. The maximum atomic E-state index is 13.9. The quantitative estimate of drug-likeness (QED) is 0.133. The van der Waals surface area contributed by atoms with Gasteiger partial charge in [-0.25, -0.2) is 9.55 Å². The fourth-order valence-electron chi connectivity index (χ4n) is 4.78. The first-order valence-electron chi connectivity index (χ1n) is 14.5. The number of imidazole rings is 1. The monoisotopic (exact) mass is 611 g/mol. The highest BCUT2D eigenvalue weighted by Crippen LogP contribution is 2.46. The minimum Gasteiger partial charge on any atom is -0.453 e. The molecule has 0 bridgehead atoms. The maximum absolute atomic E-state index is 13.9. The molecule has 5 rings (SSSR count). The molecule has 2 heterocycles. The zero-order valence-corrected chi connectivity index (χ0v) is 25.6. The van der Waals surface area contributed by atoms with Crippen molar-refractivity contribution in [2.75, 3.05) is 17.7 Å². The number of allylic oxidation sites excluding steroid dienone is 1. The van der Waals surface area contributed by atoms with Gasteiger partial charge in [0.25, 0.3) is 0 Å². The van der Waals surface area contributed by atoms with Gasteiger partial charge in [0.05, 0.1) is 19.0 Å². The minimum absolute atomic E-state index is 0.0480. The van der Waals surface area contributed by atoms with Crippen LogP contribution in [0.15, 0.2) is 48.8 Å². The van der Waals surface area contributed by atoms with E-state index >= 15 is 0 Å². The van der Waals surface area contributed by atoms with Gasteiger partial charge >= 0.3 is 13.7 Å². The number of anilines is 2. The Kier molecular flexibility index (Phi) is 9.14. The summed E-state index contributed by atoms with van der Waals surface area (Å²) < 4.78 is 32.8. The van der Waals surface area contributed by atoms with Crippen molar-refractivity contribution in [2.45, 2.75) is 71.2 Å². The molecule has 3 aromatic rings. The summed E-state index contributed by atoms with van der Waals surface area (Å²) in [6, 6.07) is 7.76. The highest BCUT2D eigenvalue weighted by molar-refractivity contribution is 7.52. The van der Waals surface area contributed by atoms with Crippen LogP contribution in [0.3, 0.4) is 0 Å². The van der Waals surface area contributed by atoms with Gasteiger partial charge in [-0.15, -0.1) is 0 Å². The molecule has 1 aromatic carbocycles. The normalized spacial score (nSPS) is 21.0.